The summed E-state index contributed by atoms with van der Waals surface area (Å²) in [5.74, 6) is 0. The van der Waals surface area contributed by atoms with E-state index in [1.165, 1.54) is 0 Å². The van der Waals surface area contributed by atoms with E-state index in [1.54, 1.807) is 0 Å². The van der Waals surface area contributed by atoms with Crippen LogP contribution in [0.2, 0.25) is 0 Å². The van der Waals surface area contributed by atoms with Gasteiger partial charge in [0.2, 0.25) is 0 Å². The minimum atomic E-state index is -6.68. The topological polar surface area (TPSA) is 435 Å². The smallest absolute Gasteiger partial charge is 0.790 e. The number of hydrogen-bond donors (Lipinski definition) is 0. The van der Waals surface area contributed by atoms with Crippen LogP contribution in [0.3, 0.4) is 0 Å². The van der Waals surface area contributed by atoms with Crippen molar-refractivity contribution < 1.29 is 113 Å². The maximum Gasteiger partial charge on any atom is 2.00 e. The van der Waals surface area contributed by atoms with Crippen molar-refractivity contribution in [3.63, 3.8) is 0 Å². The first-order valence-electron chi connectivity index (χ1n) is 7.80. The van der Waals surface area contributed by atoms with E-state index in [1.807, 2.05) is 0 Å². The Bertz CT molecular complexity index is 831. The molecule has 0 atom stereocenters. The van der Waals surface area contributed by atoms with Gasteiger partial charge in [0.1, 0.15) is 36.6 Å². The first-order valence-corrected chi connectivity index (χ1v) is 16.6. The summed E-state index contributed by atoms with van der Waals surface area (Å²) in [5.41, 5.74) is 0. The van der Waals surface area contributed by atoms with Gasteiger partial charge < -0.3 is 113 Å². The summed E-state index contributed by atoms with van der Waals surface area (Å²) in [6.07, 6.45) is -21.5. The number of phosphoric ester groups is 6. The molecule has 1 rings (SSSR count). The maximum atomic E-state index is 11.1. The van der Waals surface area contributed by atoms with Crippen LogP contribution in [0.15, 0.2) is 0 Å². The molecule has 0 saturated heterocycles. The molecule has 0 aromatic rings. The Hall–Kier alpha value is 2.69. The van der Waals surface area contributed by atoms with Crippen LogP contribution in [0.5, 0.6) is 0 Å². The minimum absolute atomic E-state index is 0. The van der Waals surface area contributed by atoms with E-state index in [0.717, 1.165) is 0 Å². The summed E-state index contributed by atoms with van der Waals surface area (Å²) in [7, 11) is -40.1. The number of rotatable bonds is 12. The summed E-state index contributed by atoms with van der Waals surface area (Å²) >= 11 is 0. The summed E-state index contributed by atoms with van der Waals surface area (Å²) in [4.78, 5) is 133. The van der Waals surface area contributed by atoms with Crippen molar-refractivity contribution in [1.82, 2.24) is 0 Å². The SMILES string of the molecule is O=P([O-])([O-])OC1C(OP(=O)([O-])[O-])C(OP(=O)([O-])[O-])C(OP(=O)([O-])[O-])C(OP(=O)([O-])[O-])C1OP(=O)([O-])[O-].[Ca+2].[Mg+2]. The van der Waals surface area contributed by atoms with Crippen LogP contribution >= 0.6 is 46.9 Å². The van der Waals surface area contributed by atoms with E-state index >= 15 is 0 Å². The molecule has 216 valence electrons. The third-order valence-corrected chi connectivity index (χ3v) is 6.46. The van der Waals surface area contributed by atoms with Crippen LogP contribution < -0.4 is 58.7 Å². The fourth-order valence-corrected chi connectivity index (χ4v) is 5.96. The molecule has 0 radical (unpaired) electrons. The van der Waals surface area contributed by atoms with E-state index in [4.69, 9.17) is 0 Å². The molecule has 0 aliphatic heterocycles. The Morgan fingerprint density at radius 1 is 0.316 bits per heavy atom. The third kappa shape index (κ3) is 17.1. The Balaban J connectivity index is 0. The van der Waals surface area contributed by atoms with Crippen LogP contribution in [-0.4, -0.2) is 97.4 Å². The molecule has 1 aliphatic carbocycles. The quantitative estimate of drug-likeness (QED) is 0.134. The Labute approximate surface area is 255 Å². The van der Waals surface area contributed by atoms with Gasteiger partial charge in [-0.15, -0.1) is 0 Å². The van der Waals surface area contributed by atoms with Crippen molar-refractivity contribution in [1.29, 1.82) is 0 Å². The van der Waals surface area contributed by atoms with Crippen LogP contribution in [-0.2, 0) is 54.5 Å². The van der Waals surface area contributed by atoms with E-state index < -0.39 is 83.6 Å². The molecular formula is C6H6CaMgO24P6-8. The minimum Gasteiger partial charge on any atom is -0.790 e. The molecule has 0 aromatic carbocycles. The van der Waals surface area contributed by atoms with Crippen molar-refractivity contribution >= 4 is 108 Å². The molecule has 32 heteroatoms. The first kappa shape index (κ1) is 42.8. The van der Waals surface area contributed by atoms with Crippen molar-refractivity contribution in [3.8, 4) is 0 Å². The summed E-state index contributed by atoms with van der Waals surface area (Å²) in [6.45, 7) is 0. The largest absolute Gasteiger partial charge is 2.00 e. The normalized spacial score (nSPS) is 27.8. The van der Waals surface area contributed by atoms with Gasteiger partial charge in [-0.1, -0.05) is 0 Å². The third-order valence-electron chi connectivity index (χ3n) is 3.45. The molecule has 38 heavy (non-hydrogen) atoms. The van der Waals surface area contributed by atoms with Gasteiger partial charge >= 0.3 is 60.8 Å². The van der Waals surface area contributed by atoms with Crippen LogP contribution in [0.1, 0.15) is 0 Å². The van der Waals surface area contributed by atoms with Crippen molar-refractivity contribution in [2.24, 2.45) is 0 Å². The standard InChI is InChI=1S/C6H18O24P6.Ca.Mg/c7-31(8,9)25-1-2(26-32(10,11)12)4(28-34(16,17)18)6(30-36(22,23)24)5(29-35(19,20)21)3(1)27-33(13,14)15;;/h1-6H,(H2,7,8,9)(H2,10,11,12)(H2,13,14,15)(H2,16,17,18)(H2,19,20,21)(H2,22,23,24);;/q;2*+2/p-12. The second kappa shape index (κ2) is 15.1. The zero-order chi connectivity index (χ0) is 28.7. The summed E-state index contributed by atoms with van der Waals surface area (Å²) in [5, 5.41) is 0. The first-order chi connectivity index (χ1) is 15.6. The molecule has 1 aliphatic rings. The molecular weight excluding hydrogens is 706 g/mol. The molecule has 0 heterocycles. The van der Waals surface area contributed by atoms with Gasteiger partial charge in [-0.3, -0.25) is 0 Å². The molecule has 0 N–H and O–H groups in total. The Kier molecular flexibility index (Phi) is 17.0. The van der Waals surface area contributed by atoms with Crippen LogP contribution in [0, 0.1) is 0 Å². The fraction of sp³-hybridized carbons (Fsp3) is 1.00. The van der Waals surface area contributed by atoms with Crippen molar-refractivity contribution in [2.75, 3.05) is 0 Å². The van der Waals surface area contributed by atoms with Crippen LogP contribution in [0.4, 0.5) is 0 Å². The number of hydrogen-bond acceptors (Lipinski definition) is 24. The summed E-state index contributed by atoms with van der Waals surface area (Å²) in [6, 6.07) is 0. The van der Waals surface area contributed by atoms with Gasteiger partial charge in [0.05, 0.1) is 46.9 Å². The predicted molar refractivity (Wildman–Crippen MR) is 86.4 cm³/mol. The predicted octanol–water partition coefficient (Wildman–Crippen LogP) is -11.5. The second-order valence-electron chi connectivity index (χ2n) is 6.10. The maximum absolute atomic E-state index is 11.1. The monoisotopic (exact) mass is 712 g/mol. The average Bonchev–Trinajstić information content (AvgIpc) is 2.51. The Morgan fingerprint density at radius 3 is 0.447 bits per heavy atom. The van der Waals surface area contributed by atoms with Gasteiger partial charge in [-0.2, -0.15) is 0 Å². The second-order valence-corrected chi connectivity index (χ2v) is 12.7. The average molecular weight is 712 g/mol. The Morgan fingerprint density at radius 2 is 0.395 bits per heavy atom. The fourth-order valence-electron chi connectivity index (χ4n) is 2.74. The van der Waals surface area contributed by atoms with E-state index in [0.29, 0.717) is 0 Å². The van der Waals surface area contributed by atoms with E-state index in [9.17, 15) is 86.1 Å². The van der Waals surface area contributed by atoms with Gasteiger partial charge in [-0.05, 0) is 0 Å². The van der Waals surface area contributed by atoms with Gasteiger partial charge in [0.15, 0.2) is 0 Å². The van der Waals surface area contributed by atoms with Gasteiger partial charge in [-0.25, -0.2) is 0 Å². The zero-order valence-corrected chi connectivity index (χ0v) is 26.3. The zero-order valence-electron chi connectivity index (χ0n) is 17.4. The molecule has 0 bridgehead atoms. The molecule has 1 saturated carbocycles. The summed E-state index contributed by atoms with van der Waals surface area (Å²) < 4.78 is 88.3. The molecule has 0 aromatic heterocycles. The van der Waals surface area contributed by atoms with E-state index in [2.05, 4.69) is 27.1 Å². The molecule has 0 amide bonds. The van der Waals surface area contributed by atoms with Crippen molar-refractivity contribution in [2.45, 2.75) is 36.6 Å². The van der Waals surface area contributed by atoms with Crippen molar-refractivity contribution in [3.05, 3.63) is 0 Å². The molecule has 1 fully saturated rings. The number of phosphoric acid groups is 6. The molecule has 0 unspecified atom stereocenters. The molecule has 0 spiro atoms. The van der Waals surface area contributed by atoms with Crippen LogP contribution in [0.25, 0.3) is 0 Å². The van der Waals surface area contributed by atoms with E-state index in [-0.39, 0.29) is 60.8 Å². The van der Waals surface area contributed by atoms with Gasteiger partial charge in [0.25, 0.3) is 0 Å². The van der Waals surface area contributed by atoms with Gasteiger partial charge in [0, 0.05) is 0 Å². The molecule has 24 nitrogen and oxygen atoms in total.